The third-order valence-electron chi connectivity index (χ3n) is 4.51. The van der Waals surface area contributed by atoms with Crippen LogP contribution in [0.2, 0.25) is 0 Å². The number of nitrogens with zero attached hydrogens (tertiary/aromatic N) is 2. The normalized spacial score (nSPS) is 16.1. The van der Waals surface area contributed by atoms with E-state index in [1.54, 1.807) is 4.90 Å². The predicted molar refractivity (Wildman–Crippen MR) is 106 cm³/mol. The van der Waals surface area contributed by atoms with Crippen molar-refractivity contribution < 1.29 is 4.79 Å². The van der Waals surface area contributed by atoms with Gasteiger partial charge in [0.25, 0.3) is 5.91 Å². The molecule has 0 radical (unpaired) electrons. The first kappa shape index (κ1) is 20.7. The Hall–Kier alpha value is -2.36. The summed E-state index contributed by atoms with van der Waals surface area (Å²) in [5, 5.41) is 0. The van der Waals surface area contributed by atoms with Crippen molar-refractivity contribution in [2.45, 2.75) is 39.7 Å². The number of amides is 1. The summed E-state index contributed by atoms with van der Waals surface area (Å²) in [4.78, 5) is 19.8. The van der Waals surface area contributed by atoms with Crippen LogP contribution in [0.3, 0.4) is 0 Å². The maximum Gasteiger partial charge on any atom is 0.259 e. The lowest BCUT2D eigenvalue weighted by Gasteiger charge is -2.35. The molecular weight excluding hydrogens is 310 g/mol. The Kier molecular flexibility index (Phi) is 8.12. The van der Waals surface area contributed by atoms with Crippen molar-refractivity contribution in [3.8, 4) is 0 Å². The van der Waals surface area contributed by atoms with Gasteiger partial charge in [-0.05, 0) is 30.9 Å². The third-order valence-corrected chi connectivity index (χ3v) is 4.51. The molecule has 0 saturated carbocycles. The number of nitrogens with two attached hydrogens (primary N) is 1. The summed E-state index contributed by atoms with van der Waals surface area (Å²) in [5.74, 6) is 0.350. The number of hydrogen-bond acceptors (Lipinski definition) is 2. The molecule has 1 aromatic carbocycles. The van der Waals surface area contributed by atoms with E-state index in [2.05, 4.69) is 18.8 Å². The van der Waals surface area contributed by atoms with E-state index in [0.29, 0.717) is 12.5 Å². The molecule has 2 atom stereocenters. The van der Waals surface area contributed by atoms with Crippen molar-refractivity contribution >= 4 is 12.2 Å². The molecule has 0 spiro atoms. The lowest BCUT2D eigenvalue weighted by Crippen LogP contribution is -2.46. The van der Waals surface area contributed by atoms with Crippen LogP contribution in [0.1, 0.15) is 39.7 Å². The topological polar surface area (TPSA) is 58.7 Å². The van der Waals surface area contributed by atoms with E-state index in [0.717, 1.165) is 17.6 Å². The number of hydrogen-bond donors (Lipinski definition) is 1. The molecule has 1 rings (SSSR count). The first-order valence-electron chi connectivity index (χ1n) is 8.80. The lowest BCUT2D eigenvalue weighted by molar-refractivity contribution is -0.135. The van der Waals surface area contributed by atoms with Gasteiger partial charge in [-0.3, -0.25) is 9.79 Å². The van der Waals surface area contributed by atoms with Crippen molar-refractivity contribution in [3.63, 3.8) is 0 Å². The molecule has 1 amide bonds. The maximum absolute atomic E-state index is 13.5. The summed E-state index contributed by atoms with van der Waals surface area (Å²) in [6.45, 7) is 8.82. The van der Waals surface area contributed by atoms with E-state index in [1.807, 2.05) is 69.5 Å². The second kappa shape index (κ2) is 9.82. The fourth-order valence-electron chi connectivity index (χ4n) is 2.86. The number of benzene rings is 1. The first-order chi connectivity index (χ1) is 11.9. The Balaban J connectivity index is 3.52. The van der Waals surface area contributed by atoms with Crippen LogP contribution in [0, 0.1) is 5.92 Å². The Bertz CT molecular complexity index is 634. The van der Waals surface area contributed by atoms with Crippen LogP contribution in [0.25, 0.3) is 0 Å². The van der Waals surface area contributed by atoms with Gasteiger partial charge in [0.2, 0.25) is 0 Å². The zero-order valence-electron chi connectivity index (χ0n) is 16.1. The molecule has 25 heavy (non-hydrogen) atoms. The van der Waals surface area contributed by atoms with Crippen molar-refractivity contribution in [1.82, 2.24) is 4.90 Å². The summed E-state index contributed by atoms with van der Waals surface area (Å²) < 4.78 is 0. The van der Waals surface area contributed by atoms with Crippen molar-refractivity contribution in [3.05, 3.63) is 59.7 Å². The lowest BCUT2D eigenvalue weighted by atomic mass is 9.81. The molecule has 0 aliphatic heterocycles. The van der Waals surface area contributed by atoms with Gasteiger partial charge in [0.05, 0.1) is 6.34 Å². The van der Waals surface area contributed by atoms with Gasteiger partial charge in [0.1, 0.15) is 0 Å². The van der Waals surface area contributed by atoms with Gasteiger partial charge in [-0.2, -0.15) is 0 Å². The predicted octanol–water partition coefficient (Wildman–Crippen LogP) is 3.90. The summed E-state index contributed by atoms with van der Waals surface area (Å²) in [5.41, 5.74) is 6.18. The van der Waals surface area contributed by atoms with Crippen LogP contribution in [-0.2, 0) is 10.3 Å². The van der Waals surface area contributed by atoms with Crippen LogP contribution in [0.15, 0.2) is 59.1 Å². The second-order valence-corrected chi connectivity index (χ2v) is 6.43. The summed E-state index contributed by atoms with van der Waals surface area (Å²) >= 11 is 0. The number of aliphatic imine (C=N–C) groups is 1. The molecule has 0 aromatic heterocycles. The number of carbonyl (C=O) groups is 1. The number of rotatable bonds is 8. The Morgan fingerprint density at radius 2 is 2.00 bits per heavy atom. The minimum absolute atomic E-state index is 0.0704. The standard InChI is InChI=1S/C21H31N3O/c1-6-8-12-18(4)21(23-16-22,19-13-10-9-11-14-19)20(25)24(5)15-17(3)7-2/h6,8-14,16-17H,7,15H2,1-5H3,(H2,22,23)/b8-6-,18-12+. The number of carbonyl (C=O) groups excluding carboxylic acids is 1. The molecule has 1 aromatic rings. The molecule has 0 saturated heterocycles. The van der Waals surface area contributed by atoms with Gasteiger partial charge in [0, 0.05) is 13.6 Å². The first-order valence-corrected chi connectivity index (χ1v) is 8.80. The van der Waals surface area contributed by atoms with Gasteiger partial charge in [0.15, 0.2) is 5.54 Å². The summed E-state index contributed by atoms with van der Waals surface area (Å²) in [7, 11) is 1.83. The highest BCUT2D eigenvalue weighted by atomic mass is 16.2. The molecule has 0 aliphatic carbocycles. The zero-order valence-corrected chi connectivity index (χ0v) is 16.1. The van der Waals surface area contributed by atoms with Crippen LogP contribution in [0.5, 0.6) is 0 Å². The molecule has 2 unspecified atom stereocenters. The summed E-state index contributed by atoms with van der Waals surface area (Å²) in [6.07, 6.45) is 8.02. The van der Waals surface area contributed by atoms with Crippen LogP contribution < -0.4 is 5.73 Å². The number of likely N-dealkylation sites (N-methyl/N-ethyl adjacent to an activating group) is 1. The van der Waals surface area contributed by atoms with Crippen LogP contribution in [0.4, 0.5) is 0 Å². The molecule has 4 heteroatoms. The van der Waals surface area contributed by atoms with Crippen molar-refractivity contribution in [2.75, 3.05) is 13.6 Å². The third kappa shape index (κ3) is 4.81. The largest absolute Gasteiger partial charge is 0.390 e. The minimum Gasteiger partial charge on any atom is -0.390 e. The van der Waals surface area contributed by atoms with Gasteiger partial charge < -0.3 is 10.6 Å². The minimum atomic E-state index is -1.14. The molecule has 2 N–H and O–H groups in total. The second-order valence-electron chi connectivity index (χ2n) is 6.43. The van der Waals surface area contributed by atoms with Gasteiger partial charge in [-0.1, -0.05) is 68.8 Å². The molecule has 0 bridgehead atoms. The number of allylic oxidation sites excluding steroid dienone is 3. The smallest absolute Gasteiger partial charge is 0.259 e. The highest BCUT2D eigenvalue weighted by Gasteiger charge is 2.43. The molecule has 0 fully saturated rings. The highest BCUT2D eigenvalue weighted by Crippen LogP contribution is 2.36. The fourth-order valence-corrected chi connectivity index (χ4v) is 2.86. The molecule has 4 nitrogen and oxygen atoms in total. The Labute approximate surface area is 152 Å². The quantitative estimate of drug-likeness (QED) is 0.443. The van der Waals surface area contributed by atoms with Crippen molar-refractivity contribution in [1.29, 1.82) is 0 Å². The van der Waals surface area contributed by atoms with Crippen LogP contribution >= 0.6 is 0 Å². The molecule has 136 valence electrons. The monoisotopic (exact) mass is 341 g/mol. The van der Waals surface area contributed by atoms with Crippen molar-refractivity contribution in [2.24, 2.45) is 16.6 Å². The van der Waals surface area contributed by atoms with Gasteiger partial charge in [-0.15, -0.1) is 0 Å². The van der Waals surface area contributed by atoms with Crippen LogP contribution in [-0.4, -0.2) is 30.7 Å². The Morgan fingerprint density at radius 1 is 1.36 bits per heavy atom. The highest BCUT2D eigenvalue weighted by molar-refractivity contribution is 5.92. The Morgan fingerprint density at radius 3 is 2.52 bits per heavy atom. The van der Waals surface area contributed by atoms with E-state index in [1.165, 1.54) is 6.34 Å². The maximum atomic E-state index is 13.5. The molecule has 0 aliphatic rings. The molecule has 0 heterocycles. The average Bonchev–Trinajstić information content (AvgIpc) is 2.64. The van der Waals surface area contributed by atoms with E-state index < -0.39 is 5.54 Å². The van der Waals surface area contributed by atoms with Gasteiger partial charge in [-0.25, -0.2) is 0 Å². The summed E-state index contributed by atoms with van der Waals surface area (Å²) in [6, 6.07) is 9.62. The average molecular weight is 341 g/mol. The zero-order chi connectivity index (χ0) is 18.9. The van der Waals surface area contributed by atoms with E-state index in [-0.39, 0.29) is 5.91 Å². The van der Waals surface area contributed by atoms with E-state index in [4.69, 9.17) is 5.73 Å². The van der Waals surface area contributed by atoms with E-state index >= 15 is 0 Å². The van der Waals surface area contributed by atoms with Gasteiger partial charge >= 0.3 is 0 Å². The fraction of sp³-hybridized carbons (Fsp3) is 0.429. The SMILES string of the molecule is C/C=C\C=C(/C)C(N=CN)(C(=O)N(C)CC(C)CC)c1ccccc1. The molecular formula is C21H31N3O. The van der Waals surface area contributed by atoms with E-state index in [9.17, 15) is 4.79 Å².